The zero-order valence-corrected chi connectivity index (χ0v) is 14.0. The van der Waals surface area contributed by atoms with Crippen LogP contribution in [0.3, 0.4) is 0 Å². The van der Waals surface area contributed by atoms with Gasteiger partial charge in [0.25, 0.3) is 0 Å². The van der Waals surface area contributed by atoms with Crippen LogP contribution in [0.15, 0.2) is 42.5 Å². The van der Waals surface area contributed by atoms with Gasteiger partial charge >= 0.3 is 0 Å². The summed E-state index contributed by atoms with van der Waals surface area (Å²) in [6, 6.07) is 13.6. The molecule has 0 radical (unpaired) electrons. The largest absolute Gasteiger partial charge is 0.315 e. The summed E-state index contributed by atoms with van der Waals surface area (Å²) < 4.78 is 0. The molecule has 0 aliphatic carbocycles. The van der Waals surface area contributed by atoms with Gasteiger partial charge in [-0.15, -0.1) is 0 Å². The molecule has 1 amide bonds. The van der Waals surface area contributed by atoms with Crippen molar-refractivity contribution in [2.45, 2.75) is 18.4 Å². The van der Waals surface area contributed by atoms with Crippen LogP contribution in [0.5, 0.6) is 0 Å². The van der Waals surface area contributed by atoms with Crippen molar-refractivity contribution in [2.75, 3.05) is 18.0 Å². The zero-order valence-electron chi connectivity index (χ0n) is 12.5. The number of para-hydroxylation sites is 1. The first kappa shape index (κ1) is 15.0. The first-order chi connectivity index (χ1) is 11.1. The first-order valence-corrected chi connectivity index (χ1v) is 8.43. The molecule has 1 fully saturated rings. The van der Waals surface area contributed by atoms with Gasteiger partial charge in [0, 0.05) is 12.2 Å². The van der Waals surface area contributed by atoms with Crippen LogP contribution in [0.4, 0.5) is 5.69 Å². The molecule has 0 saturated carbocycles. The van der Waals surface area contributed by atoms with Crippen LogP contribution in [0.2, 0.25) is 10.0 Å². The molecule has 2 aliphatic rings. The van der Waals surface area contributed by atoms with Gasteiger partial charge in [-0.1, -0.05) is 47.5 Å². The highest BCUT2D eigenvalue weighted by Gasteiger charge is 2.52. The van der Waals surface area contributed by atoms with Crippen LogP contribution >= 0.6 is 23.2 Å². The minimum absolute atomic E-state index is 0.176. The predicted octanol–water partition coefficient (Wildman–Crippen LogP) is 3.77. The molecule has 2 aliphatic heterocycles. The average Bonchev–Trinajstić information content (AvgIpc) is 3.13. The predicted molar refractivity (Wildman–Crippen MR) is 93.3 cm³/mol. The van der Waals surface area contributed by atoms with E-state index in [0.29, 0.717) is 23.1 Å². The number of nitrogens with zero attached hydrogens (tertiary/aromatic N) is 1. The normalized spacial score (nSPS) is 22.9. The lowest BCUT2D eigenvalue weighted by Crippen LogP contribution is -2.41. The number of amides is 1. The van der Waals surface area contributed by atoms with Gasteiger partial charge in [-0.3, -0.25) is 4.79 Å². The number of hydrogen-bond acceptors (Lipinski definition) is 2. The van der Waals surface area contributed by atoms with Crippen LogP contribution in [0.1, 0.15) is 17.5 Å². The van der Waals surface area contributed by atoms with E-state index in [1.807, 2.05) is 35.2 Å². The van der Waals surface area contributed by atoms with Gasteiger partial charge in [-0.25, -0.2) is 0 Å². The number of anilines is 1. The molecule has 118 valence electrons. The minimum atomic E-state index is -0.410. The molecule has 1 spiro atoms. The molecule has 1 saturated heterocycles. The second-order valence-corrected chi connectivity index (χ2v) is 6.98. The van der Waals surface area contributed by atoms with Crippen molar-refractivity contribution in [2.24, 2.45) is 0 Å². The van der Waals surface area contributed by atoms with Gasteiger partial charge in [-0.2, -0.15) is 0 Å². The standard InChI is InChI=1S/C18H16Cl2N2O/c19-14-6-5-12(9-15(14)20)10-22-16-4-2-1-3-13(16)18(17(22)23)7-8-21-11-18/h1-6,9,21H,7-8,10-11H2. The Labute approximate surface area is 145 Å². The highest BCUT2D eigenvalue weighted by Crippen LogP contribution is 2.45. The zero-order chi connectivity index (χ0) is 16.0. The molecule has 4 rings (SSSR count). The van der Waals surface area contributed by atoms with Gasteiger partial charge in [0.1, 0.15) is 0 Å². The fraction of sp³-hybridized carbons (Fsp3) is 0.278. The molecule has 1 N–H and O–H groups in total. The summed E-state index contributed by atoms with van der Waals surface area (Å²) in [5, 5.41) is 4.38. The van der Waals surface area contributed by atoms with E-state index in [1.54, 1.807) is 6.07 Å². The molecule has 5 heteroatoms. The number of nitrogens with one attached hydrogen (secondary N) is 1. The molecule has 1 atom stereocenters. The van der Waals surface area contributed by atoms with E-state index in [0.717, 1.165) is 29.8 Å². The highest BCUT2D eigenvalue weighted by molar-refractivity contribution is 6.42. The van der Waals surface area contributed by atoms with Crippen molar-refractivity contribution in [3.63, 3.8) is 0 Å². The number of fused-ring (bicyclic) bond motifs is 2. The molecule has 2 aromatic rings. The van der Waals surface area contributed by atoms with Crippen LogP contribution in [-0.4, -0.2) is 19.0 Å². The Bertz CT molecular complexity index is 784. The van der Waals surface area contributed by atoms with Crippen LogP contribution < -0.4 is 10.2 Å². The third-order valence-electron chi connectivity index (χ3n) is 4.84. The number of rotatable bonds is 2. The van der Waals surface area contributed by atoms with Crippen molar-refractivity contribution in [3.8, 4) is 0 Å². The van der Waals surface area contributed by atoms with E-state index in [1.165, 1.54) is 0 Å². The topological polar surface area (TPSA) is 32.3 Å². The fourth-order valence-electron chi connectivity index (χ4n) is 3.68. The van der Waals surface area contributed by atoms with Crippen molar-refractivity contribution in [1.29, 1.82) is 0 Å². The second-order valence-electron chi connectivity index (χ2n) is 6.17. The van der Waals surface area contributed by atoms with E-state index in [2.05, 4.69) is 11.4 Å². The number of halogens is 2. The number of hydrogen-bond donors (Lipinski definition) is 1. The smallest absolute Gasteiger partial charge is 0.239 e. The van der Waals surface area contributed by atoms with Gasteiger partial charge < -0.3 is 10.2 Å². The summed E-state index contributed by atoms with van der Waals surface area (Å²) >= 11 is 12.1. The molecule has 0 bridgehead atoms. The maximum atomic E-state index is 13.2. The Morgan fingerprint density at radius 3 is 2.70 bits per heavy atom. The monoisotopic (exact) mass is 346 g/mol. The lowest BCUT2D eigenvalue weighted by molar-refractivity contribution is -0.122. The van der Waals surface area contributed by atoms with E-state index in [9.17, 15) is 4.79 Å². The van der Waals surface area contributed by atoms with E-state index < -0.39 is 5.41 Å². The van der Waals surface area contributed by atoms with Crippen molar-refractivity contribution in [3.05, 3.63) is 63.6 Å². The third kappa shape index (κ3) is 2.26. The third-order valence-corrected chi connectivity index (χ3v) is 5.58. The van der Waals surface area contributed by atoms with Crippen molar-refractivity contribution < 1.29 is 4.79 Å². The Kier molecular flexibility index (Phi) is 3.60. The summed E-state index contributed by atoms with van der Waals surface area (Å²) in [4.78, 5) is 15.0. The molecule has 23 heavy (non-hydrogen) atoms. The lowest BCUT2D eigenvalue weighted by Gasteiger charge is -2.23. The minimum Gasteiger partial charge on any atom is -0.315 e. The van der Waals surface area contributed by atoms with E-state index in [-0.39, 0.29) is 5.91 Å². The number of carbonyl (C=O) groups is 1. The summed E-state index contributed by atoms with van der Waals surface area (Å²) in [5.74, 6) is 0.176. The molecular formula is C18H16Cl2N2O. The summed E-state index contributed by atoms with van der Waals surface area (Å²) in [6.45, 7) is 2.09. The van der Waals surface area contributed by atoms with Crippen LogP contribution in [0, 0.1) is 0 Å². The fourth-order valence-corrected chi connectivity index (χ4v) is 4.00. The van der Waals surface area contributed by atoms with E-state index >= 15 is 0 Å². The molecule has 0 aromatic heterocycles. The summed E-state index contributed by atoms with van der Waals surface area (Å²) in [6.07, 6.45) is 0.848. The molecular weight excluding hydrogens is 331 g/mol. The lowest BCUT2D eigenvalue weighted by atomic mass is 9.81. The molecule has 2 heterocycles. The Morgan fingerprint density at radius 1 is 1.13 bits per heavy atom. The Hall–Kier alpha value is -1.55. The number of benzene rings is 2. The summed E-state index contributed by atoms with van der Waals surface area (Å²) in [7, 11) is 0. The Morgan fingerprint density at radius 2 is 1.96 bits per heavy atom. The van der Waals surface area contributed by atoms with E-state index in [4.69, 9.17) is 23.2 Å². The maximum Gasteiger partial charge on any atom is 0.239 e. The maximum absolute atomic E-state index is 13.2. The highest BCUT2D eigenvalue weighted by atomic mass is 35.5. The van der Waals surface area contributed by atoms with Crippen molar-refractivity contribution >= 4 is 34.8 Å². The quantitative estimate of drug-likeness (QED) is 0.897. The Balaban J connectivity index is 1.74. The SMILES string of the molecule is O=C1N(Cc2ccc(Cl)c(Cl)c2)c2ccccc2C12CCNC2. The van der Waals surface area contributed by atoms with Crippen LogP contribution in [0.25, 0.3) is 0 Å². The number of carbonyl (C=O) groups excluding carboxylic acids is 1. The average molecular weight is 347 g/mol. The van der Waals surface area contributed by atoms with Gasteiger partial charge in [0.2, 0.25) is 5.91 Å². The van der Waals surface area contributed by atoms with Gasteiger partial charge in [0.05, 0.1) is 22.0 Å². The molecule has 1 unspecified atom stereocenters. The van der Waals surface area contributed by atoms with Crippen LogP contribution in [-0.2, 0) is 16.8 Å². The van der Waals surface area contributed by atoms with Gasteiger partial charge in [-0.05, 0) is 42.3 Å². The second kappa shape index (κ2) is 5.52. The first-order valence-electron chi connectivity index (χ1n) is 7.68. The molecule has 2 aromatic carbocycles. The summed E-state index contributed by atoms with van der Waals surface area (Å²) in [5.41, 5.74) is 2.71. The van der Waals surface area contributed by atoms with Crippen molar-refractivity contribution in [1.82, 2.24) is 5.32 Å². The van der Waals surface area contributed by atoms with Gasteiger partial charge in [0.15, 0.2) is 0 Å². The molecule has 3 nitrogen and oxygen atoms in total.